The Morgan fingerprint density at radius 1 is 1.14 bits per heavy atom. The number of benzene rings is 1. The molecule has 1 aromatic carbocycles. The number of hydrogen-bond donors (Lipinski definition) is 0. The summed E-state index contributed by atoms with van der Waals surface area (Å²) in [6.07, 6.45) is 1.43. The first-order chi connectivity index (χ1) is 13.5. The standard InChI is InChI=1S/C20H22Cl2F2N2O3/c1-20(2,3)29-19(27)26(10-12-5-13(23)7-14(24)6-12)11-17(28-4)18-15(21)8-25-9-16(18)22/h5-9,17H,10-11H2,1-4H3. The Kier molecular flexibility index (Phi) is 7.80. The van der Waals surface area contributed by atoms with Crippen molar-refractivity contribution in [2.75, 3.05) is 13.7 Å². The number of hydrogen-bond acceptors (Lipinski definition) is 4. The van der Waals surface area contributed by atoms with Gasteiger partial charge in [0, 0.05) is 37.7 Å². The van der Waals surface area contributed by atoms with Crippen LogP contribution in [0.5, 0.6) is 0 Å². The first-order valence-corrected chi connectivity index (χ1v) is 9.50. The molecule has 158 valence electrons. The summed E-state index contributed by atoms with van der Waals surface area (Å²) >= 11 is 12.4. The number of pyridine rings is 1. The highest BCUT2D eigenvalue weighted by atomic mass is 35.5. The number of halogens is 4. The summed E-state index contributed by atoms with van der Waals surface area (Å²) in [5.74, 6) is -1.49. The Bertz CT molecular complexity index is 835. The Balaban J connectivity index is 2.36. The van der Waals surface area contributed by atoms with E-state index in [1.54, 1.807) is 20.8 Å². The summed E-state index contributed by atoms with van der Waals surface area (Å²) in [7, 11) is 1.44. The lowest BCUT2D eigenvalue weighted by atomic mass is 10.1. The third kappa shape index (κ3) is 6.80. The number of nitrogens with zero attached hydrogens (tertiary/aromatic N) is 2. The zero-order chi connectivity index (χ0) is 21.8. The molecule has 0 aliphatic carbocycles. The summed E-state index contributed by atoms with van der Waals surface area (Å²) in [6.45, 7) is 5.02. The third-order valence-electron chi connectivity index (χ3n) is 3.83. The van der Waals surface area contributed by atoms with Gasteiger partial charge in [-0.2, -0.15) is 0 Å². The van der Waals surface area contributed by atoms with E-state index in [-0.39, 0.29) is 28.7 Å². The largest absolute Gasteiger partial charge is 0.444 e. The molecule has 1 atom stereocenters. The maximum Gasteiger partial charge on any atom is 0.410 e. The number of ether oxygens (including phenoxy) is 2. The molecule has 29 heavy (non-hydrogen) atoms. The average molecular weight is 447 g/mol. The number of rotatable bonds is 6. The quantitative estimate of drug-likeness (QED) is 0.563. The van der Waals surface area contributed by atoms with Crippen molar-refractivity contribution < 1.29 is 23.0 Å². The number of amides is 1. The van der Waals surface area contributed by atoms with Crippen molar-refractivity contribution in [1.82, 2.24) is 9.88 Å². The van der Waals surface area contributed by atoms with E-state index in [1.807, 2.05) is 0 Å². The Morgan fingerprint density at radius 2 is 1.69 bits per heavy atom. The van der Waals surface area contributed by atoms with E-state index in [0.29, 0.717) is 5.56 Å². The van der Waals surface area contributed by atoms with Crippen LogP contribution in [0.1, 0.15) is 38.0 Å². The molecule has 0 bridgehead atoms. The summed E-state index contributed by atoms with van der Waals surface area (Å²) in [6, 6.07) is 3.05. The van der Waals surface area contributed by atoms with Crippen LogP contribution in [-0.4, -0.2) is 35.2 Å². The van der Waals surface area contributed by atoms with Crippen LogP contribution < -0.4 is 0 Å². The highest BCUT2D eigenvalue weighted by Crippen LogP contribution is 2.32. The van der Waals surface area contributed by atoms with Gasteiger partial charge in [-0.1, -0.05) is 23.2 Å². The van der Waals surface area contributed by atoms with Gasteiger partial charge in [-0.05, 0) is 38.5 Å². The molecule has 0 saturated heterocycles. The van der Waals surface area contributed by atoms with E-state index >= 15 is 0 Å². The number of aromatic nitrogens is 1. The molecule has 2 rings (SSSR count). The minimum atomic E-state index is -0.767. The van der Waals surface area contributed by atoms with Crippen molar-refractivity contribution in [3.63, 3.8) is 0 Å². The van der Waals surface area contributed by atoms with E-state index < -0.39 is 29.4 Å². The molecule has 1 amide bonds. The van der Waals surface area contributed by atoms with Crippen molar-refractivity contribution in [3.8, 4) is 0 Å². The van der Waals surface area contributed by atoms with Gasteiger partial charge < -0.3 is 14.4 Å². The highest BCUT2D eigenvalue weighted by Gasteiger charge is 2.28. The van der Waals surface area contributed by atoms with Gasteiger partial charge in [0.2, 0.25) is 0 Å². The van der Waals surface area contributed by atoms with Crippen LogP contribution in [0.15, 0.2) is 30.6 Å². The fraction of sp³-hybridized carbons (Fsp3) is 0.400. The van der Waals surface area contributed by atoms with E-state index in [9.17, 15) is 13.6 Å². The van der Waals surface area contributed by atoms with E-state index in [0.717, 1.165) is 18.2 Å². The van der Waals surface area contributed by atoms with Crippen molar-refractivity contribution in [2.24, 2.45) is 0 Å². The molecule has 1 aromatic heterocycles. The Morgan fingerprint density at radius 3 is 2.17 bits per heavy atom. The van der Waals surface area contributed by atoms with Gasteiger partial charge >= 0.3 is 6.09 Å². The molecule has 1 unspecified atom stereocenters. The van der Waals surface area contributed by atoms with Crippen LogP contribution in [0.25, 0.3) is 0 Å². The number of methoxy groups -OCH3 is 1. The summed E-state index contributed by atoms with van der Waals surface area (Å²) in [5.41, 5.74) is -0.0585. The van der Waals surface area contributed by atoms with E-state index in [2.05, 4.69) is 4.98 Å². The highest BCUT2D eigenvalue weighted by molar-refractivity contribution is 6.35. The average Bonchev–Trinajstić information content (AvgIpc) is 2.57. The molecule has 0 aliphatic rings. The monoisotopic (exact) mass is 446 g/mol. The summed E-state index contributed by atoms with van der Waals surface area (Å²) < 4.78 is 38.2. The predicted octanol–water partition coefficient (Wildman–Crippen LogP) is 5.79. The lowest BCUT2D eigenvalue weighted by Crippen LogP contribution is -2.39. The van der Waals surface area contributed by atoms with E-state index in [4.69, 9.17) is 32.7 Å². The molecule has 2 aromatic rings. The summed E-state index contributed by atoms with van der Waals surface area (Å²) in [5, 5.41) is 0.538. The van der Waals surface area contributed by atoms with Crippen molar-refractivity contribution in [2.45, 2.75) is 39.0 Å². The van der Waals surface area contributed by atoms with Gasteiger partial charge in [-0.15, -0.1) is 0 Å². The topological polar surface area (TPSA) is 51.7 Å². The fourth-order valence-electron chi connectivity index (χ4n) is 2.67. The minimum absolute atomic E-state index is 0.0208. The first kappa shape index (κ1) is 23.3. The van der Waals surface area contributed by atoms with Gasteiger partial charge in [-0.3, -0.25) is 4.98 Å². The van der Waals surface area contributed by atoms with Gasteiger partial charge in [-0.25, -0.2) is 13.6 Å². The zero-order valence-corrected chi connectivity index (χ0v) is 18.0. The molecule has 5 nitrogen and oxygen atoms in total. The summed E-state index contributed by atoms with van der Waals surface area (Å²) in [4.78, 5) is 17.9. The van der Waals surface area contributed by atoms with Crippen LogP contribution in [0.2, 0.25) is 10.0 Å². The zero-order valence-electron chi connectivity index (χ0n) is 16.5. The Labute approximate surface area is 178 Å². The molecule has 0 fully saturated rings. The molecule has 0 N–H and O–H groups in total. The van der Waals surface area contributed by atoms with Crippen LogP contribution in [-0.2, 0) is 16.0 Å². The van der Waals surface area contributed by atoms with Gasteiger partial charge in [0.05, 0.1) is 16.6 Å². The fourth-order valence-corrected chi connectivity index (χ4v) is 3.27. The maximum atomic E-state index is 13.6. The molecule has 1 heterocycles. The van der Waals surface area contributed by atoms with Crippen LogP contribution in [0.3, 0.4) is 0 Å². The first-order valence-electron chi connectivity index (χ1n) is 8.74. The predicted molar refractivity (Wildman–Crippen MR) is 107 cm³/mol. The lowest BCUT2D eigenvalue weighted by molar-refractivity contribution is 0.00565. The minimum Gasteiger partial charge on any atom is -0.444 e. The molecule has 0 spiro atoms. The molecule has 0 radical (unpaired) electrons. The van der Waals surface area contributed by atoms with Crippen molar-refractivity contribution in [3.05, 3.63) is 63.4 Å². The molecule has 9 heteroatoms. The van der Waals surface area contributed by atoms with Gasteiger partial charge in [0.25, 0.3) is 0 Å². The van der Waals surface area contributed by atoms with Crippen LogP contribution >= 0.6 is 23.2 Å². The molecule has 0 aliphatic heterocycles. The SMILES string of the molecule is COC(CN(Cc1cc(F)cc(F)c1)C(=O)OC(C)(C)C)c1c(Cl)cncc1Cl. The Hall–Kier alpha value is -1.96. The van der Waals surface area contributed by atoms with Crippen LogP contribution in [0.4, 0.5) is 13.6 Å². The van der Waals surface area contributed by atoms with Crippen LogP contribution in [0, 0.1) is 11.6 Å². The second-order valence-electron chi connectivity index (χ2n) is 7.38. The van der Waals surface area contributed by atoms with E-state index in [1.165, 1.54) is 24.4 Å². The number of carbonyl (C=O) groups excluding carboxylic acids is 1. The molecule has 0 saturated carbocycles. The smallest absolute Gasteiger partial charge is 0.410 e. The van der Waals surface area contributed by atoms with Crippen molar-refractivity contribution >= 4 is 29.3 Å². The maximum absolute atomic E-state index is 13.6. The van der Waals surface area contributed by atoms with Gasteiger partial charge in [0.1, 0.15) is 23.3 Å². The normalized spacial score (nSPS) is 12.6. The number of carbonyl (C=O) groups is 1. The second kappa shape index (κ2) is 9.69. The second-order valence-corrected chi connectivity index (χ2v) is 8.19. The lowest BCUT2D eigenvalue weighted by Gasteiger charge is -2.30. The molecular formula is C20H22Cl2F2N2O3. The molecular weight excluding hydrogens is 425 g/mol. The van der Waals surface area contributed by atoms with Crippen molar-refractivity contribution in [1.29, 1.82) is 0 Å². The van der Waals surface area contributed by atoms with Gasteiger partial charge in [0.15, 0.2) is 0 Å². The third-order valence-corrected chi connectivity index (χ3v) is 4.43.